The fourth-order valence-corrected chi connectivity index (χ4v) is 4.06. The van der Waals surface area contributed by atoms with Gasteiger partial charge in [0.1, 0.15) is 0 Å². The third-order valence-corrected chi connectivity index (χ3v) is 5.59. The predicted octanol–water partition coefficient (Wildman–Crippen LogP) is 5.65. The van der Waals surface area contributed by atoms with Gasteiger partial charge in [-0.2, -0.15) is 0 Å². The fourth-order valence-electron chi connectivity index (χ4n) is 2.89. The highest BCUT2D eigenvalue weighted by Gasteiger charge is 2.15. The standard InChI is InChI=1S/C19H20BrN3OS/c1-4-9-23-12(2)10-15(13(23)3)17-11-25-19(21-17)22-18(24)14-7-5-6-8-16(14)20/h5-8,10-11H,4,9H2,1-3H3,(H,21,22,24). The first kappa shape index (κ1) is 17.9. The van der Waals surface area contributed by atoms with Crippen LogP contribution < -0.4 is 5.32 Å². The molecule has 0 spiro atoms. The van der Waals surface area contributed by atoms with Gasteiger partial charge in [0.15, 0.2) is 5.13 Å². The third kappa shape index (κ3) is 3.70. The first-order valence-corrected chi connectivity index (χ1v) is 9.87. The van der Waals surface area contributed by atoms with Crippen molar-refractivity contribution in [2.24, 2.45) is 0 Å². The molecule has 0 unspecified atom stereocenters. The van der Waals surface area contributed by atoms with Crippen LogP contribution in [0.15, 0.2) is 40.2 Å². The lowest BCUT2D eigenvalue weighted by molar-refractivity contribution is 0.102. The Morgan fingerprint density at radius 2 is 2.08 bits per heavy atom. The summed E-state index contributed by atoms with van der Waals surface area (Å²) in [6.45, 7) is 7.43. The van der Waals surface area contributed by atoms with Crippen molar-refractivity contribution in [1.82, 2.24) is 9.55 Å². The van der Waals surface area contributed by atoms with E-state index in [1.165, 1.54) is 22.7 Å². The molecule has 0 radical (unpaired) electrons. The Kier molecular flexibility index (Phi) is 5.39. The number of benzene rings is 1. The first-order valence-electron chi connectivity index (χ1n) is 8.19. The first-order chi connectivity index (χ1) is 12.0. The minimum Gasteiger partial charge on any atom is -0.348 e. The second-order valence-corrected chi connectivity index (χ2v) is 7.62. The molecule has 0 aliphatic heterocycles. The van der Waals surface area contributed by atoms with Gasteiger partial charge in [0.2, 0.25) is 0 Å². The van der Waals surface area contributed by atoms with E-state index in [0.29, 0.717) is 10.7 Å². The lowest BCUT2D eigenvalue weighted by Crippen LogP contribution is -2.12. The molecule has 0 saturated heterocycles. The van der Waals surface area contributed by atoms with Gasteiger partial charge in [0, 0.05) is 33.3 Å². The summed E-state index contributed by atoms with van der Waals surface area (Å²) in [6.07, 6.45) is 1.10. The molecule has 0 saturated carbocycles. The lowest BCUT2D eigenvalue weighted by Gasteiger charge is -2.07. The smallest absolute Gasteiger partial charge is 0.258 e. The molecule has 0 fully saturated rings. The van der Waals surface area contributed by atoms with E-state index in [2.05, 4.69) is 57.6 Å². The van der Waals surface area contributed by atoms with Crippen molar-refractivity contribution < 1.29 is 4.79 Å². The normalized spacial score (nSPS) is 10.9. The molecule has 1 N–H and O–H groups in total. The highest BCUT2D eigenvalue weighted by molar-refractivity contribution is 9.10. The van der Waals surface area contributed by atoms with Crippen LogP contribution in [0.4, 0.5) is 5.13 Å². The summed E-state index contributed by atoms with van der Waals surface area (Å²) >= 11 is 4.85. The molecule has 0 atom stereocenters. The number of aryl methyl sites for hydroxylation is 1. The number of thiazole rings is 1. The molecule has 0 aliphatic carbocycles. The van der Waals surface area contributed by atoms with Gasteiger partial charge in [-0.3, -0.25) is 10.1 Å². The van der Waals surface area contributed by atoms with E-state index in [1.54, 1.807) is 6.07 Å². The number of nitrogens with zero attached hydrogens (tertiary/aromatic N) is 2. The molecule has 3 aromatic rings. The zero-order valence-electron chi connectivity index (χ0n) is 14.5. The van der Waals surface area contributed by atoms with E-state index in [1.807, 2.05) is 23.6 Å². The summed E-state index contributed by atoms with van der Waals surface area (Å²) in [5.41, 5.74) is 5.08. The zero-order chi connectivity index (χ0) is 18.0. The van der Waals surface area contributed by atoms with Gasteiger partial charge in [-0.15, -0.1) is 11.3 Å². The predicted molar refractivity (Wildman–Crippen MR) is 107 cm³/mol. The van der Waals surface area contributed by atoms with Crippen LogP contribution >= 0.6 is 27.3 Å². The number of carbonyl (C=O) groups excluding carboxylic acids is 1. The number of amides is 1. The van der Waals surface area contributed by atoms with Gasteiger partial charge in [-0.25, -0.2) is 4.98 Å². The summed E-state index contributed by atoms with van der Waals surface area (Å²) < 4.78 is 3.08. The molecule has 0 aliphatic rings. The average molecular weight is 418 g/mol. The van der Waals surface area contributed by atoms with E-state index < -0.39 is 0 Å². The second-order valence-electron chi connectivity index (χ2n) is 5.91. The maximum Gasteiger partial charge on any atom is 0.258 e. The molecule has 130 valence electrons. The van der Waals surface area contributed by atoms with Crippen LogP contribution in [0.25, 0.3) is 11.3 Å². The molecule has 1 aromatic carbocycles. The summed E-state index contributed by atoms with van der Waals surface area (Å²) in [4.78, 5) is 17.0. The van der Waals surface area contributed by atoms with Crippen LogP contribution in [0.5, 0.6) is 0 Å². The number of carbonyl (C=O) groups is 1. The zero-order valence-corrected chi connectivity index (χ0v) is 16.9. The summed E-state index contributed by atoms with van der Waals surface area (Å²) in [6, 6.07) is 9.53. The summed E-state index contributed by atoms with van der Waals surface area (Å²) in [5, 5.41) is 5.49. The maximum atomic E-state index is 12.4. The largest absolute Gasteiger partial charge is 0.348 e. The number of hydrogen-bond acceptors (Lipinski definition) is 3. The Balaban J connectivity index is 1.83. The number of anilines is 1. The number of aromatic nitrogens is 2. The topological polar surface area (TPSA) is 46.9 Å². The summed E-state index contributed by atoms with van der Waals surface area (Å²) in [7, 11) is 0. The van der Waals surface area contributed by atoms with E-state index in [4.69, 9.17) is 0 Å². The highest BCUT2D eigenvalue weighted by Crippen LogP contribution is 2.30. The van der Waals surface area contributed by atoms with Crippen molar-refractivity contribution in [3.63, 3.8) is 0 Å². The van der Waals surface area contributed by atoms with Gasteiger partial charge in [0.05, 0.1) is 11.3 Å². The van der Waals surface area contributed by atoms with Crippen molar-refractivity contribution in [2.45, 2.75) is 33.7 Å². The monoisotopic (exact) mass is 417 g/mol. The van der Waals surface area contributed by atoms with Crippen LogP contribution in [0, 0.1) is 13.8 Å². The molecule has 0 bridgehead atoms. The molecule has 2 aromatic heterocycles. The SMILES string of the molecule is CCCn1c(C)cc(-c2csc(NC(=O)c3ccccc3Br)n2)c1C. The number of hydrogen-bond donors (Lipinski definition) is 1. The Morgan fingerprint density at radius 3 is 2.80 bits per heavy atom. The van der Waals surface area contributed by atoms with Crippen LogP contribution in [-0.2, 0) is 6.54 Å². The van der Waals surface area contributed by atoms with Gasteiger partial charge in [-0.1, -0.05) is 19.1 Å². The van der Waals surface area contributed by atoms with Crippen molar-refractivity contribution in [1.29, 1.82) is 0 Å². The fraction of sp³-hybridized carbons (Fsp3) is 0.263. The number of halogens is 1. The van der Waals surface area contributed by atoms with E-state index in [-0.39, 0.29) is 5.91 Å². The molecule has 4 nitrogen and oxygen atoms in total. The maximum absolute atomic E-state index is 12.4. The molecular formula is C19H20BrN3OS. The van der Waals surface area contributed by atoms with Crippen LogP contribution in [0.2, 0.25) is 0 Å². The van der Waals surface area contributed by atoms with Crippen LogP contribution in [0.1, 0.15) is 35.1 Å². The van der Waals surface area contributed by atoms with Crippen LogP contribution in [0.3, 0.4) is 0 Å². The van der Waals surface area contributed by atoms with Gasteiger partial charge in [0.25, 0.3) is 5.91 Å². The summed E-state index contributed by atoms with van der Waals surface area (Å²) in [5.74, 6) is -0.162. The molecule has 6 heteroatoms. The number of rotatable bonds is 5. The molecule has 1 amide bonds. The highest BCUT2D eigenvalue weighted by atomic mass is 79.9. The van der Waals surface area contributed by atoms with E-state index in [9.17, 15) is 4.79 Å². The second kappa shape index (κ2) is 7.54. The molecule has 3 rings (SSSR count). The van der Waals surface area contributed by atoms with Gasteiger partial charge < -0.3 is 4.57 Å². The minimum atomic E-state index is -0.162. The third-order valence-electron chi connectivity index (χ3n) is 4.14. The van der Waals surface area contributed by atoms with Crippen molar-refractivity contribution in [3.8, 4) is 11.3 Å². The van der Waals surface area contributed by atoms with Crippen molar-refractivity contribution in [3.05, 3.63) is 57.1 Å². The van der Waals surface area contributed by atoms with Gasteiger partial charge >= 0.3 is 0 Å². The van der Waals surface area contributed by atoms with Crippen molar-refractivity contribution in [2.75, 3.05) is 5.32 Å². The minimum absolute atomic E-state index is 0.162. The van der Waals surface area contributed by atoms with Crippen LogP contribution in [-0.4, -0.2) is 15.5 Å². The molecule has 2 heterocycles. The molecular weight excluding hydrogens is 398 g/mol. The average Bonchev–Trinajstić information content (AvgIpc) is 3.15. The van der Waals surface area contributed by atoms with E-state index >= 15 is 0 Å². The Hall–Kier alpha value is -1.92. The number of nitrogens with one attached hydrogen (secondary N) is 1. The van der Waals surface area contributed by atoms with E-state index in [0.717, 1.165) is 28.7 Å². The Morgan fingerprint density at radius 1 is 1.32 bits per heavy atom. The van der Waals surface area contributed by atoms with Crippen molar-refractivity contribution >= 4 is 38.3 Å². The lowest BCUT2D eigenvalue weighted by atomic mass is 10.2. The quantitative estimate of drug-likeness (QED) is 0.582. The Labute approximate surface area is 160 Å². The van der Waals surface area contributed by atoms with Gasteiger partial charge in [-0.05, 0) is 54.4 Å². The molecule has 25 heavy (non-hydrogen) atoms. The Bertz CT molecular complexity index is 913.